The molecule has 2 aromatic carbocycles. The maximum Gasteiger partial charge on any atom is 0.278 e. The summed E-state index contributed by atoms with van der Waals surface area (Å²) in [5.74, 6) is 0.838. The summed E-state index contributed by atoms with van der Waals surface area (Å²) in [6.45, 7) is 0. The summed E-state index contributed by atoms with van der Waals surface area (Å²) in [5.41, 5.74) is 3.89. The minimum Gasteiger partial charge on any atom is -0.261 e. The molecule has 0 aliphatic heterocycles. The third-order valence-corrected chi connectivity index (χ3v) is 3.44. The molecular formula is C17H12ClN5O2. The molecule has 0 atom stereocenters. The van der Waals surface area contributed by atoms with Crippen LogP contribution in [0.2, 0.25) is 5.15 Å². The number of para-hydroxylation sites is 1. The first-order valence-electron chi connectivity index (χ1n) is 7.26. The number of hydrogen-bond donors (Lipinski definition) is 1. The van der Waals surface area contributed by atoms with Crippen molar-refractivity contribution in [3.8, 4) is 11.4 Å². The molecule has 124 valence electrons. The fourth-order valence-corrected chi connectivity index (χ4v) is 2.31. The Kier molecular flexibility index (Phi) is 4.96. The summed E-state index contributed by atoms with van der Waals surface area (Å²) in [7, 11) is 0. The van der Waals surface area contributed by atoms with Gasteiger partial charge in [0, 0.05) is 17.7 Å². The minimum atomic E-state index is -0.462. The Morgan fingerprint density at radius 2 is 1.80 bits per heavy atom. The van der Waals surface area contributed by atoms with Crippen molar-refractivity contribution in [2.45, 2.75) is 0 Å². The normalized spacial score (nSPS) is 10.8. The summed E-state index contributed by atoms with van der Waals surface area (Å²) < 4.78 is 0. The summed E-state index contributed by atoms with van der Waals surface area (Å²) >= 11 is 6.03. The molecule has 25 heavy (non-hydrogen) atoms. The minimum absolute atomic E-state index is 0.0289. The van der Waals surface area contributed by atoms with Crippen LogP contribution in [0.1, 0.15) is 5.56 Å². The third-order valence-electron chi connectivity index (χ3n) is 3.24. The SMILES string of the molecule is O=[N+]([O-])c1ccccc1C=NNc1cc(Cl)nc(-c2ccccc2)n1. The number of nitro benzene ring substituents is 1. The first kappa shape index (κ1) is 16.5. The number of anilines is 1. The van der Waals surface area contributed by atoms with Crippen molar-refractivity contribution in [1.29, 1.82) is 0 Å². The Morgan fingerprint density at radius 1 is 1.08 bits per heavy atom. The molecule has 1 aromatic heterocycles. The number of hydrogen-bond acceptors (Lipinski definition) is 6. The molecular weight excluding hydrogens is 342 g/mol. The highest BCUT2D eigenvalue weighted by molar-refractivity contribution is 6.29. The number of nitrogens with one attached hydrogen (secondary N) is 1. The number of rotatable bonds is 5. The van der Waals surface area contributed by atoms with Crippen molar-refractivity contribution in [2.75, 3.05) is 5.43 Å². The van der Waals surface area contributed by atoms with E-state index in [-0.39, 0.29) is 10.8 Å². The fraction of sp³-hybridized carbons (Fsp3) is 0. The molecule has 3 aromatic rings. The second-order valence-corrected chi connectivity index (χ2v) is 5.34. The Bertz CT molecular complexity index is 931. The zero-order chi connectivity index (χ0) is 17.6. The van der Waals surface area contributed by atoms with E-state index in [1.807, 2.05) is 30.3 Å². The van der Waals surface area contributed by atoms with Crippen LogP contribution in [-0.2, 0) is 0 Å². The molecule has 1 N–H and O–H groups in total. The molecule has 0 amide bonds. The van der Waals surface area contributed by atoms with Crippen LogP contribution in [0.4, 0.5) is 11.5 Å². The highest BCUT2D eigenvalue weighted by Gasteiger charge is 2.10. The average Bonchev–Trinajstić information content (AvgIpc) is 2.62. The van der Waals surface area contributed by atoms with Gasteiger partial charge in [-0.15, -0.1) is 0 Å². The smallest absolute Gasteiger partial charge is 0.261 e. The van der Waals surface area contributed by atoms with Gasteiger partial charge in [0.15, 0.2) is 11.6 Å². The Morgan fingerprint density at radius 3 is 2.56 bits per heavy atom. The van der Waals surface area contributed by atoms with Crippen LogP contribution in [0.15, 0.2) is 65.8 Å². The average molecular weight is 354 g/mol. The van der Waals surface area contributed by atoms with E-state index < -0.39 is 4.92 Å². The summed E-state index contributed by atoms with van der Waals surface area (Å²) in [6.07, 6.45) is 1.36. The maximum absolute atomic E-state index is 11.0. The second kappa shape index (κ2) is 7.50. The molecule has 1 heterocycles. The van der Waals surface area contributed by atoms with E-state index in [0.29, 0.717) is 17.2 Å². The highest BCUT2D eigenvalue weighted by Crippen LogP contribution is 2.20. The van der Waals surface area contributed by atoms with Crippen LogP contribution in [-0.4, -0.2) is 21.1 Å². The lowest BCUT2D eigenvalue weighted by Crippen LogP contribution is -1.99. The van der Waals surface area contributed by atoms with Gasteiger partial charge in [0.1, 0.15) is 5.15 Å². The summed E-state index contributed by atoms with van der Waals surface area (Å²) in [5, 5.41) is 15.3. The van der Waals surface area contributed by atoms with E-state index in [9.17, 15) is 10.1 Å². The summed E-state index contributed by atoms with van der Waals surface area (Å²) in [4.78, 5) is 19.0. The molecule has 0 unspecified atom stereocenters. The molecule has 0 saturated heterocycles. The zero-order valence-corrected chi connectivity index (χ0v) is 13.6. The lowest BCUT2D eigenvalue weighted by atomic mass is 10.2. The van der Waals surface area contributed by atoms with Gasteiger partial charge in [-0.3, -0.25) is 15.5 Å². The Hall–Kier alpha value is -3.32. The maximum atomic E-state index is 11.0. The van der Waals surface area contributed by atoms with Gasteiger partial charge >= 0.3 is 0 Å². The number of aromatic nitrogens is 2. The molecule has 0 fully saturated rings. The van der Waals surface area contributed by atoms with Crippen LogP contribution >= 0.6 is 11.6 Å². The quantitative estimate of drug-likeness (QED) is 0.322. The topological polar surface area (TPSA) is 93.3 Å². The predicted octanol–water partition coefficient (Wildman–Crippen LogP) is 4.15. The first-order chi connectivity index (χ1) is 12.1. The Balaban J connectivity index is 1.82. The zero-order valence-electron chi connectivity index (χ0n) is 12.8. The van der Waals surface area contributed by atoms with Crippen LogP contribution < -0.4 is 5.43 Å². The summed E-state index contributed by atoms with van der Waals surface area (Å²) in [6, 6.07) is 17.2. The van der Waals surface area contributed by atoms with Crippen LogP contribution in [0.3, 0.4) is 0 Å². The van der Waals surface area contributed by atoms with Crippen molar-refractivity contribution in [2.24, 2.45) is 5.10 Å². The van der Waals surface area contributed by atoms with Crippen LogP contribution in [0.25, 0.3) is 11.4 Å². The number of nitrogens with zero attached hydrogens (tertiary/aromatic N) is 4. The van der Waals surface area contributed by atoms with Gasteiger partial charge in [-0.1, -0.05) is 54.1 Å². The van der Waals surface area contributed by atoms with E-state index in [1.165, 1.54) is 18.3 Å². The van der Waals surface area contributed by atoms with Crippen molar-refractivity contribution in [1.82, 2.24) is 9.97 Å². The van der Waals surface area contributed by atoms with Gasteiger partial charge in [0.05, 0.1) is 16.7 Å². The number of benzene rings is 2. The largest absolute Gasteiger partial charge is 0.278 e. The standard InChI is InChI=1S/C17H12ClN5O2/c18-15-10-16(21-17(20-15)12-6-2-1-3-7-12)22-19-11-13-8-4-5-9-14(13)23(24)25/h1-11H,(H,20,21,22). The molecule has 0 bridgehead atoms. The van der Waals surface area contributed by atoms with Gasteiger partial charge < -0.3 is 0 Å². The number of hydrazone groups is 1. The van der Waals surface area contributed by atoms with Gasteiger partial charge in [0.25, 0.3) is 5.69 Å². The molecule has 0 saturated carbocycles. The number of halogens is 1. The van der Waals surface area contributed by atoms with Crippen LogP contribution in [0.5, 0.6) is 0 Å². The van der Waals surface area contributed by atoms with E-state index in [4.69, 9.17) is 11.6 Å². The molecule has 0 spiro atoms. The molecule has 0 radical (unpaired) electrons. The monoisotopic (exact) mass is 353 g/mol. The Labute approximate surface area is 148 Å². The third kappa shape index (κ3) is 4.15. The van der Waals surface area contributed by atoms with E-state index in [0.717, 1.165) is 5.56 Å². The van der Waals surface area contributed by atoms with Crippen molar-refractivity contribution in [3.05, 3.63) is 81.5 Å². The molecule has 8 heteroatoms. The molecule has 7 nitrogen and oxygen atoms in total. The highest BCUT2D eigenvalue weighted by atomic mass is 35.5. The molecule has 0 aliphatic rings. The van der Waals surface area contributed by atoms with E-state index >= 15 is 0 Å². The van der Waals surface area contributed by atoms with E-state index in [1.54, 1.807) is 18.2 Å². The lowest BCUT2D eigenvalue weighted by molar-refractivity contribution is -0.385. The van der Waals surface area contributed by atoms with Gasteiger partial charge in [-0.05, 0) is 6.07 Å². The van der Waals surface area contributed by atoms with Gasteiger partial charge in [0.2, 0.25) is 0 Å². The lowest BCUT2D eigenvalue weighted by Gasteiger charge is -2.04. The van der Waals surface area contributed by atoms with Crippen LogP contribution in [0, 0.1) is 10.1 Å². The van der Waals surface area contributed by atoms with E-state index in [2.05, 4.69) is 20.5 Å². The second-order valence-electron chi connectivity index (χ2n) is 4.95. The predicted molar refractivity (Wildman–Crippen MR) is 96.8 cm³/mol. The number of nitro groups is 1. The van der Waals surface area contributed by atoms with Crippen molar-refractivity contribution in [3.63, 3.8) is 0 Å². The van der Waals surface area contributed by atoms with Crippen molar-refractivity contribution < 1.29 is 4.92 Å². The first-order valence-corrected chi connectivity index (χ1v) is 7.64. The molecule has 0 aliphatic carbocycles. The fourth-order valence-electron chi connectivity index (χ4n) is 2.12. The van der Waals surface area contributed by atoms with Gasteiger partial charge in [-0.25, -0.2) is 9.97 Å². The molecule has 3 rings (SSSR count). The van der Waals surface area contributed by atoms with Gasteiger partial charge in [-0.2, -0.15) is 5.10 Å². The van der Waals surface area contributed by atoms with Crippen molar-refractivity contribution >= 4 is 29.3 Å².